The molecule has 2 aromatic carbocycles. The van der Waals surface area contributed by atoms with Gasteiger partial charge >= 0.3 is 0 Å². The van der Waals surface area contributed by atoms with Gasteiger partial charge in [-0.3, -0.25) is 5.41 Å². The van der Waals surface area contributed by atoms with Gasteiger partial charge in [0.25, 0.3) is 0 Å². The lowest BCUT2D eigenvalue weighted by Crippen LogP contribution is -2.23. The summed E-state index contributed by atoms with van der Waals surface area (Å²) in [5.41, 5.74) is 3.76. The van der Waals surface area contributed by atoms with Gasteiger partial charge in [-0.05, 0) is 48.4 Å². The molecular formula is C15H12BrFN2. The highest BCUT2D eigenvalue weighted by atomic mass is 79.9. The molecule has 0 bridgehead atoms. The molecule has 0 atom stereocenters. The summed E-state index contributed by atoms with van der Waals surface area (Å²) in [5, 5.41) is 8.22. The normalized spacial score (nSPS) is 13.8. The Kier molecular flexibility index (Phi) is 2.90. The third-order valence-electron chi connectivity index (χ3n) is 3.38. The molecule has 0 fully saturated rings. The molecule has 0 aromatic heterocycles. The maximum Gasteiger partial charge on any atom is 0.133 e. The zero-order valence-corrected chi connectivity index (χ0v) is 12.0. The van der Waals surface area contributed by atoms with Crippen LogP contribution in [0.5, 0.6) is 0 Å². The summed E-state index contributed by atoms with van der Waals surface area (Å²) in [5.74, 6) is 0.0674. The highest BCUT2D eigenvalue weighted by Gasteiger charge is 2.26. The van der Waals surface area contributed by atoms with Crippen LogP contribution in [0.4, 0.5) is 10.1 Å². The Morgan fingerprint density at radius 2 is 2.00 bits per heavy atom. The Hall–Kier alpha value is -1.68. The second kappa shape index (κ2) is 4.46. The summed E-state index contributed by atoms with van der Waals surface area (Å²) in [6.45, 7) is 2.63. The number of aryl methyl sites for hydroxylation is 1. The van der Waals surface area contributed by atoms with Crippen LogP contribution < -0.4 is 4.90 Å². The number of benzene rings is 2. The highest BCUT2D eigenvalue weighted by Crippen LogP contribution is 2.32. The van der Waals surface area contributed by atoms with Crippen molar-refractivity contribution in [2.45, 2.75) is 13.5 Å². The number of fused-ring (bicyclic) bond motifs is 1. The fraction of sp³-hybridized carbons (Fsp3) is 0.133. The molecule has 2 aromatic rings. The molecule has 1 aliphatic heterocycles. The number of rotatable bonds is 1. The standard InChI is InChI=1S/C15H12BrFN2/c1-9-6-11(16)3-5-14(9)19-8-10-2-4-12(17)7-13(10)15(19)18/h2-7,18H,8H2,1H3. The van der Waals surface area contributed by atoms with E-state index in [4.69, 9.17) is 5.41 Å². The predicted molar refractivity (Wildman–Crippen MR) is 78.3 cm³/mol. The van der Waals surface area contributed by atoms with Gasteiger partial charge in [-0.25, -0.2) is 4.39 Å². The van der Waals surface area contributed by atoms with Crippen molar-refractivity contribution in [3.05, 3.63) is 63.4 Å². The van der Waals surface area contributed by atoms with Crippen molar-refractivity contribution in [2.24, 2.45) is 0 Å². The Labute approximate surface area is 119 Å². The lowest BCUT2D eigenvalue weighted by molar-refractivity contribution is 0.627. The Balaban J connectivity index is 2.04. The molecule has 1 aliphatic rings. The fourth-order valence-corrected chi connectivity index (χ4v) is 2.90. The minimum Gasteiger partial charge on any atom is -0.322 e. The van der Waals surface area contributed by atoms with E-state index < -0.39 is 0 Å². The maximum absolute atomic E-state index is 13.3. The van der Waals surface area contributed by atoms with Crippen LogP contribution in [-0.2, 0) is 6.54 Å². The maximum atomic E-state index is 13.3. The SMILES string of the molecule is Cc1cc(Br)ccc1N1Cc2ccc(F)cc2C1=N. The second-order valence-electron chi connectivity index (χ2n) is 4.67. The van der Waals surface area contributed by atoms with E-state index in [9.17, 15) is 4.39 Å². The van der Waals surface area contributed by atoms with Crippen LogP contribution in [0.1, 0.15) is 16.7 Å². The van der Waals surface area contributed by atoms with Gasteiger partial charge in [-0.1, -0.05) is 22.0 Å². The number of hydrogen-bond donors (Lipinski definition) is 1. The van der Waals surface area contributed by atoms with Gasteiger partial charge in [0.15, 0.2) is 0 Å². The lowest BCUT2D eigenvalue weighted by Gasteiger charge is -2.20. The Bertz CT molecular complexity index is 682. The number of nitrogens with one attached hydrogen (secondary N) is 1. The molecular weight excluding hydrogens is 307 g/mol. The molecule has 0 spiro atoms. The number of hydrogen-bond acceptors (Lipinski definition) is 1. The van der Waals surface area contributed by atoms with E-state index in [0.29, 0.717) is 17.9 Å². The van der Waals surface area contributed by atoms with Crippen molar-refractivity contribution in [1.82, 2.24) is 0 Å². The molecule has 4 heteroatoms. The number of nitrogens with zero attached hydrogens (tertiary/aromatic N) is 1. The number of anilines is 1. The van der Waals surface area contributed by atoms with Crippen molar-refractivity contribution in [1.29, 1.82) is 5.41 Å². The minimum absolute atomic E-state index is 0.294. The summed E-state index contributed by atoms with van der Waals surface area (Å²) in [6, 6.07) is 10.6. The molecule has 0 amide bonds. The molecule has 3 rings (SSSR count). The van der Waals surface area contributed by atoms with Crippen molar-refractivity contribution < 1.29 is 4.39 Å². The molecule has 19 heavy (non-hydrogen) atoms. The molecule has 0 unspecified atom stereocenters. The summed E-state index contributed by atoms with van der Waals surface area (Å²) in [7, 11) is 0. The number of halogens is 2. The van der Waals surface area contributed by atoms with E-state index in [-0.39, 0.29) is 5.82 Å². The van der Waals surface area contributed by atoms with Crippen molar-refractivity contribution >= 4 is 27.5 Å². The molecule has 0 aliphatic carbocycles. The predicted octanol–water partition coefficient (Wildman–Crippen LogP) is 4.24. The Morgan fingerprint density at radius 3 is 2.74 bits per heavy atom. The van der Waals surface area contributed by atoms with Crippen LogP contribution in [0.3, 0.4) is 0 Å². The zero-order valence-electron chi connectivity index (χ0n) is 10.4. The molecule has 0 saturated carbocycles. The summed E-state index contributed by atoms with van der Waals surface area (Å²) in [6.07, 6.45) is 0. The molecule has 0 radical (unpaired) electrons. The van der Waals surface area contributed by atoms with E-state index in [1.165, 1.54) is 12.1 Å². The van der Waals surface area contributed by atoms with E-state index in [0.717, 1.165) is 21.3 Å². The molecule has 0 saturated heterocycles. The molecule has 96 valence electrons. The summed E-state index contributed by atoms with van der Waals surface area (Å²) >= 11 is 3.44. The topological polar surface area (TPSA) is 27.1 Å². The molecule has 2 nitrogen and oxygen atoms in total. The van der Waals surface area contributed by atoms with Gasteiger partial charge < -0.3 is 4.90 Å². The Morgan fingerprint density at radius 1 is 1.21 bits per heavy atom. The fourth-order valence-electron chi connectivity index (χ4n) is 2.43. The first-order chi connectivity index (χ1) is 9.06. The molecule has 1 N–H and O–H groups in total. The van der Waals surface area contributed by atoms with E-state index >= 15 is 0 Å². The average molecular weight is 319 g/mol. The highest BCUT2D eigenvalue weighted by molar-refractivity contribution is 9.10. The average Bonchev–Trinajstić information content (AvgIpc) is 2.67. The van der Waals surface area contributed by atoms with Crippen molar-refractivity contribution in [2.75, 3.05) is 4.90 Å². The summed E-state index contributed by atoms with van der Waals surface area (Å²) in [4.78, 5) is 1.91. The lowest BCUT2D eigenvalue weighted by atomic mass is 10.1. The van der Waals surface area contributed by atoms with E-state index in [1.807, 2.05) is 30.0 Å². The van der Waals surface area contributed by atoms with Gasteiger partial charge in [0.1, 0.15) is 11.7 Å². The van der Waals surface area contributed by atoms with Gasteiger partial charge in [-0.2, -0.15) is 0 Å². The third kappa shape index (κ3) is 2.06. The van der Waals surface area contributed by atoms with Crippen LogP contribution in [0.15, 0.2) is 40.9 Å². The van der Waals surface area contributed by atoms with Crippen LogP contribution in [0.25, 0.3) is 0 Å². The van der Waals surface area contributed by atoms with Crippen LogP contribution >= 0.6 is 15.9 Å². The largest absolute Gasteiger partial charge is 0.322 e. The smallest absolute Gasteiger partial charge is 0.133 e. The van der Waals surface area contributed by atoms with E-state index in [1.54, 1.807) is 6.07 Å². The van der Waals surface area contributed by atoms with Gasteiger partial charge in [0, 0.05) is 15.7 Å². The molecule has 1 heterocycles. The van der Waals surface area contributed by atoms with Crippen molar-refractivity contribution in [3.63, 3.8) is 0 Å². The first-order valence-electron chi connectivity index (χ1n) is 5.97. The van der Waals surface area contributed by atoms with E-state index in [2.05, 4.69) is 15.9 Å². The first kappa shape index (κ1) is 12.4. The minimum atomic E-state index is -0.294. The van der Waals surface area contributed by atoms with Gasteiger partial charge in [0.2, 0.25) is 0 Å². The first-order valence-corrected chi connectivity index (χ1v) is 6.76. The van der Waals surface area contributed by atoms with Crippen LogP contribution in [-0.4, -0.2) is 5.84 Å². The van der Waals surface area contributed by atoms with Crippen LogP contribution in [0, 0.1) is 18.2 Å². The van der Waals surface area contributed by atoms with Gasteiger partial charge in [0.05, 0.1) is 6.54 Å². The van der Waals surface area contributed by atoms with Gasteiger partial charge in [-0.15, -0.1) is 0 Å². The second-order valence-corrected chi connectivity index (χ2v) is 5.58. The number of amidine groups is 1. The monoisotopic (exact) mass is 318 g/mol. The van der Waals surface area contributed by atoms with Crippen molar-refractivity contribution in [3.8, 4) is 0 Å². The third-order valence-corrected chi connectivity index (χ3v) is 3.87. The van der Waals surface area contributed by atoms with Crippen LogP contribution in [0.2, 0.25) is 0 Å². The summed E-state index contributed by atoms with van der Waals surface area (Å²) < 4.78 is 14.3. The quantitative estimate of drug-likeness (QED) is 0.836. The zero-order chi connectivity index (χ0) is 13.6.